The van der Waals surface area contributed by atoms with Gasteiger partial charge in [-0.05, 0) is 91.0 Å². The molecule has 2 N–H and O–H groups in total. The minimum Gasteiger partial charge on any atom is -0.399 e. The van der Waals surface area contributed by atoms with Crippen molar-refractivity contribution in [3.63, 3.8) is 0 Å². The highest BCUT2D eigenvalue weighted by atomic mass is 16.1. The van der Waals surface area contributed by atoms with E-state index in [1.807, 2.05) is 18.2 Å². The quantitative estimate of drug-likeness (QED) is 0.683. The molecule has 5 atom stereocenters. The third-order valence-electron chi connectivity index (χ3n) is 9.12. The van der Waals surface area contributed by atoms with Gasteiger partial charge in [0, 0.05) is 23.9 Å². The Morgan fingerprint density at radius 2 is 1.63 bits per heavy atom. The summed E-state index contributed by atoms with van der Waals surface area (Å²) in [6, 6.07) is 8.18. The van der Waals surface area contributed by atoms with Gasteiger partial charge in [-0.2, -0.15) is 0 Å². The highest BCUT2D eigenvalue weighted by Gasteiger charge is 2.59. The Balaban J connectivity index is 1.53. The van der Waals surface area contributed by atoms with Gasteiger partial charge >= 0.3 is 0 Å². The topological polar surface area (TPSA) is 60.2 Å². The van der Waals surface area contributed by atoms with Crippen LogP contribution in [-0.4, -0.2) is 11.6 Å². The number of nitrogen functional groups attached to an aromatic ring is 1. The Morgan fingerprint density at radius 1 is 0.900 bits per heavy atom. The smallest absolute Gasteiger partial charge is 0.156 e. The summed E-state index contributed by atoms with van der Waals surface area (Å²) >= 11 is 0. The standard InChI is InChI=1S/C27H33NO2/c1-26-13-11-21(29)16-19(26)15-18(6-3-17-4-7-20(28)8-5-17)25-22-9-10-24(30)27(22,2)14-12-23(25)26/h4-5,7-8,15-16,22-23,25H,3,6,9-14,28H2,1-2H3. The van der Waals surface area contributed by atoms with Gasteiger partial charge in [0.1, 0.15) is 5.78 Å². The lowest BCUT2D eigenvalue weighted by Gasteiger charge is -2.56. The van der Waals surface area contributed by atoms with E-state index in [1.54, 1.807) is 0 Å². The molecule has 2 saturated carbocycles. The summed E-state index contributed by atoms with van der Waals surface area (Å²) in [6.45, 7) is 4.62. The monoisotopic (exact) mass is 403 g/mol. The zero-order valence-corrected chi connectivity index (χ0v) is 18.2. The van der Waals surface area contributed by atoms with Crippen LogP contribution in [0.15, 0.2) is 47.6 Å². The summed E-state index contributed by atoms with van der Waals surface area (Å²) in [5, 5.41) is 0. The van der Waals surface area contributed by atoms with Crippen molar-refractivity contribution >= 4 is 17.3 Å². The van der Waals surface area contributed by atoms with Crippen molar-refractivity contribution in [3.05, 3.63) is 53.1 Å². The molecular weight excluding hydrogens is 370 g/mol. The largest absolute Gasteiger partial charge is 0.399 e. The zero-order valence-electron chi connectivity index (χ0n) is 18.2. The van der Waals surface area contributed by atoms with Crippen LogP contribution in [0.4, 0.5) is 5.69 Å². The van der Waals surface area contributed by atoms with Crippen LogP contribution >= 0.6 is 0 Å². The van der Waals surface area contributed by atoms with Crippen LogP contribution < -0.4 is 5.73 Å². The first kappa shape index (κ1) is 19.8. The summed E-state index contributed by atoms with van der Waals surface area (Å²) in [4.78, 5) is 25.1. The molecule has 0 heterocycles. The highest BCUT2D eigenvalue weighted by Crippen LogP contribution is 2.64. The molecule has 2 fully saturated rings. The number of carbonyl (C=O) groups is 2. The number of hydrogen-bond acceptors (Lipinski definition) is 3. The van der Waals surface area contributed by atoms with Crippen LogP contribution in [0.5, 0.6) is 0 Å². The normalized spacial score (nSPS) is 37.7. The van der Waals surface area contributed by atoms with Gasteiger partial charge in [-0.3, -0.25) is 9.59 Å². The maximum Gasteiger partial charge on any atom is 0.156 e. The Hall–Kier alpha value is -2.16. The number of allylic oxidation sites excluding steroid dienone is 4. The van der Waals surface area contributed by atoms with E-state index in [4.69, 9.17) is 5.73 Å². The summed E-state index contributed by atoms with van der Waals surface area (Å²) in [5.41, 5.74) is 10.6. The van der Waals surface area contributed by atoms with Crippen molar-refractivity contribution in [3.8, 4) is 0 Å². The lowest BCUT2D eigenvalue weighted by Crippen LogP contribution is -2.50. The molecule has 30 heavy (non-hydrogen) atoms. The van der Waals surface area contributed by atoms with Crippen molar-refractivity contribution in [2.24, 2.45) is 28.6 Å². The molecule has 0 radical (unpaired) electrons. The molecule has 0 amide bonds. The zero-order chi connectivity index (χ0) is 21.1. The lowest BCUT2D eigenvalue weighted by atomic mass is 9.47. The van der Waals surface area contributed by atoms with Crippen molar-refractivity contribution < 1.29 is 9.59 Å². The Morgan fingerprint density at radius 3 is 2.40 bits per heavy atom. The van der Waals surface area contributed by atoms with Crippen LogP contribution in [0.1, 0.15) is 64.4 Å². The van der Waals surface area contributed by atoms with E-state index < -0.39 is 0 Å². The number of nitrogens with two attached hydrogens (primary N) is 1. The number of Topliss-reactive ketones (excluding diaryl/α,β-unsaturated/α-hetero) is 1. The fourth-order valence-electron chi connectivity index (χ4n) is 7.20. The molecule has 0 saturated heterocycles. The van der Waals surface area contributed by atoms with Gasteiger partial charge in [-0.15, -0.1) is 0 Å². The maximum atomic E-state index is 12.8. The number of hydrogen-bond donors (Lipinski definition) is 1. The molecule has 4 aliphatic carbocycles. The van der Waals surface area contributed by atoms with Gasteiger partial charge in [-0.1, -0.05) is 37.6 Å². The highest BCUT2D eigenvalue weighted by molar-refractivity contribution is 5.92. The van der Waals surface area contributed by atoms with Crippen LogP contribution in [0.25, 0.3) is 0 Å². The molecule has 4 aliphatic rings. The summed E-state index contributed by atoms with van der Waals surface area (Å²) < 4.78 is 0. The number of anilines is 1. The van der Waals surface area contributed by atoms with E-state index >= 15 is 0 Å². The molecule has 0 spiro atoms. The van der Waals surface area contributed by atoms with Gasteiger partial charge in [0.2, 0.25) is 0 Å². The minimum atomic E-state index is -0.149. The number of ketones is 2. The molecule has 0 bridgehead atoms. The molecule has 5 rings (SSSR count). The molecular formula is C27H33NO2. The third kappa shape index (κ3) is 2.92. The Bertz CT molecular complexity index is 956. The second-order valence-electron chi connectivity index (χ2n) is 10.6. The lowest BCUT2D eigenvalue weighted by molar-refractivity contribution is -0.130. The van der Waals surface area contributed by atoms with E-state index in [9.17, 15) is 9.59 Å². The predicted molar refractivity (Wildman–Crippen MR) is 120 cm³/mol. The van der Waals surface area contributed by atoms with Gasteiger partial charge in [0.25, 0.3) is 0 Å². The number of fused-ring (bicyclic) bond motifs is 5. The van der Waals surface area contributed by atoms with Gasteiger partial charge < -0.3 is 5.73 Å². The first-order chi connectivity index (χ1) is 14.3. The molecule has 1 aromatic carbocycles. The first-order valence-corrected chi connectivity index (χ1v) is 11.6. The SMILES string of the molecule is CC12CCC3C(C(CCc4ccc(N)cc4)=CC4=CC(=O)CCC43C)C1CCC2=O. The van der Waals surface area contributed by atoms with Crippen LogP contribution in [-0.2, 0) is 16.0 Å². The van der Waals surface area contributed by atoms with E-state index in [1.165, 1.54) is 16.7 Å². The van der Waals surface area contributed by atoms with Crippen molar-refractivity contribution in [2.45, 2.75) is 65.2 Å². The van der Waals surface area contributed by atoms with Crippen molar-refractivity contribution in [1.82, 2.24) is 0 Å². The average Bonchev–Trinajstić information content (AvgIpc) is 3.03. The van der Waals surface area contributed by atoms with Gasteiger partial charge in [0.05, 0.1) is 0 Å². The van der Waals surface area contributed by atoms with E-state index in [0.717, 1.165) is 50.6 Å². The second-order valence-corrected chi connectivity index (χ2v) is 10.6. The minimum absolute atomic E-state index is 0.0796. The van der Waals surface area contributed by atoms with E-state index in [2.05, 4.69) is 32.1 Å². The molecule has 5 unspecified atom stereocenters. The molecule has 1 aromatic rings. The van der Waals surface area contributed by atoms with Crippen LogP contribution in [0.2, 0.25) is 0 Å². The average molecular weight is 404 g/mol. The summed E-state index contributed by atoms with van der Waals surface area (Å²) in [5.74, 6) is 2.23. The summed E-state index contributed by atoms with van der Waals surface area (Å²) in [7, 11) is 0. The fraction of sp³-hybridized carbons (Fsp3) is 0.556. The van der Waals surface area contributed by atoms with Crippen LogP contribution in [0.3, 0.4) is 0 Å². The van der Waals surface area contributed by atoms with E-state index in [0.29, 0.717) is 30.0 Å². The number of aryl methyl sites for hydroxylation is 1. The fourth-order valence-corrected chi connectivity index (χ4v) is 7.20. The molecule has 0 aliphatic heterocycles. The predicted octanol–water partition coefficient (Wildman–Crippen LogP) is 5.45. The number of benzene rings is 1. The van der Waals surface area contributed by atoms with Crippen molar-refractivity contribution in [2.75, 3.05) is 5.73 Å². The Kier molecular flexibility index (Phi) is 4.57. The molecule has 0 aromatic heterocycles. The molecule has 158 valence electrons. The number of rotatable bonds is 3. The maximum absolute atomic E-state index is 12.8. The van der Waals surface area contributed by atoms with E-state index in [-0.39, 0.29) is 16.6 Å². The first-order valence-electron chi connectivity index (χ1n) is 11.6. The number of carbonyl (C=O) groups excluding carboxylic acids is 2. The Labute approximate surface area is 179 Å². The summed E-state index contributed by atoms with van der Waals surface area (Å²) in [6.07, 6.45) is 11.8. The third-order valence-corrected chi connectivity index (χ3v) is 9.12. The van der Waals surface area contributed by atoms with Gasteiger partial charge in [0.15, 0.2) is 5.78 Å². The van der Waals surface area contributed by atoms with Crippen molar-refractivity contribution in [1.29, 1.82) is 0 Å². The molecule has 3 heteroatoms. The molecule has 3 nitrogen and oxygen atoms in total. The van der Waals surface area contributed by atoms with Crippen LogP contribution in [0, 0.1) is 28.6 Å². The second kappa shape index (κ2) is 6.93. The van der Waals surface area contributed by atoms with Gasteiger partial charge in [-0.25, -0.2) is 0 Å².